The molecule has 0 heterocycles. The minimum atomic E-state index is -3.08. The van der Waals surface area contributed by atoms with Gasteiger partial charge in [0.25, 0.3) is 0 Å². The van der Waals surface area contributed by atoms with Crippen LogP contribution in [0.2, 0.25) is 0 Å². The van der Waals surface area contributed by atoms with Crippen LogP contribution in [0, 0.1) is 13.8 Å². The van der Waals surface area contributed by atoms with Gasteiger partial charge in [0, 0.05) is 4.90 Å². The summed E-state index contributed by atoms with van der Waals surface area (Å²) in [7, 11) is 0. The van der Waals surface area contributed by atoms with Crippen LogP contribution in [-0.2, 0) is 13.6 Å². The topological polar surface area (TPSA) is 35.5 Å². The van der Waals surface area contributed by atoms with Crippen molar-refractivity contribution in [3.63, 3.8) is 0 Å². The van der Waals surface area contributed by atoms with Gasteiger partial charge in [-0.15, -0.1) is 0 Å². The molecule has 0 aliphatic carbocycles. The molecule has 1 rings (SSSR count). The minimum Gasteiger partial charge on any atom is -0.301 e. The summed E-state index contributed by atoms with van der Waals surface area (Å²) < 4.78 is 23.0. The van der Waals surface area contributed by atoms with Gasteiger partial charge >= 0.3 is 6.80 Å². The van der Waals surface area contributed by atoms with Gasteiger partial charge in [0.15, 0.2) is 0 Å². The number of hydrogen-bond acceptors (Lipinski definition) is 4. The van der Waals surface area contributed by atoms with Crippen molar-refractivity contribution in [1.29, 1.82) is 0 Å². The molecule has 96 valence electrons. The largest absolute Gasteiger partial charge is 0.393 e. The van der Waals surface area contributed by atoms with Crippen molar-refractivity contribution in [3.8, 4) is 0 Å². The van der Waals surface area contributed by atoms with E-state index in [0.29, 0.717) is 13.2 Å². The molecular weight excluding hydrogens is 255 g/mol. The Hall–Kier alpha value is -0.280. The molecule has 5 heteroatoms. The zero-order valence-corrected chi connectivity index (χ0v) is 12.4. The standard InChI is InChI=1S/C12H19O3PS/c1-5-14-16(13,15-6-2)17-12-10(3)8-7-9-11(12)4/h7-9H,5-6H2,1-4H3. The molecular formula is C12H19O3PS. The molecule has 0 aliphatic heterocycles. The summed E-state index contributed by atoms with van der Waals surface area (Å²) in [4.78, 5) is 0.984. The second-order valence-electron chi connectivity index (χ2n) is 3.59. The summed E-state index contributed by atoms with van der Waals surface area (Å²) >= 11 is 1.20. The van der Waals surface area contributed by atoms with E-state index in [4.69, 9.17) is 9.05 Å². The van der Waals surface area contributed by atoms with E-state index >= 15 is 0 Å². The highest BCUT2D eigenvalue weighted by atomic mass is 32.7. The Morgan fingerprint density at radius 3 is 2.00 bits per heavy atom. The molecule has 1 aromatic rings. The second kappa shape index (κ2) is 6.60. The van der Waals surface area contributed by atoms with E-state index in [2.05, 4.69) is 0 Å². The van der Waals surface area contributed by atoms with Gasteiger partial charge in [-0.25, -0.2) is 4.57 Å². The summed E-state index contributed by atoms with van der Waals surface area (Å²) in [6.45, 7) is 5.32. The molecule has 1 aromatic carbocycles. The maximum atomic E-state index is 12.4. The van der Waals surface area contributed by atoms with E-state index in [-0.39, 0.29) is 0 Å². The van der Waals surface area contributed by atoms with Crippen LogP contribution >= 0.6 is 18.2 Å². The summed E-state index contributed by atoms with van der Waals surface area (Å²) in [6, 6.07) is 5.98. The first-order valence-corrected chi connectivity index (χ1v) is 8.63. The Balaban J connectivity index is 2.97. The minimum absolute atomic E-state index is 0.384. The van der Waals surface area contributed by atoms with Gasteiger partial charge in [0.1, 0.15) is 0 Å². The van der Waals surface area contributed by atoms with Crippen molar-refractivity contribution in [2.75, 3.05) is 13.2 Å². The lowest BCUT2D eigenvalue weighted by molar-refractivity contribution is 0.237. The fourth-order valence-electron chi connectivity index (χ4n) is 1.46. The third-order valence-corrected chi connectivity index (χ3v) is 6.24. The van der Waals surface area contributed by atoms with Gasteiger partial charge in [-0.05, 0) is 50.2 Å². The highest BCUT2D eigenvalue weighted by Crippen LogP contribution is 2.64. The molecule has 0 radical (unpaired) electrons. The van der Waals surface area contributed by atoms with Crippen molar-refractivity contribution in [2.45, 2.75) is 32.6 Å². The average molecular weight is 274 g/mol. The van der Waals surface area contributed by atoms with Crippen LogP contribution in [0.3, 0.4) is 0 Å². The SMILES string of the molecule is CCOP(=O)(OCC)Sc1c(C)cccc1C. The first-order valence-electron chi connectivity index (χ1n) is 5.67. The smallest absolute Gasteiger partial charge is 0.301 e. The fourth-order valence-corrected chi connectivity index (χ4v) is 5.40. The predicted molar refractivity (Wildman–Crippen MR) is 72.6 cm³/mol. The third kappa shape index (κ3) is 4.14. The Kier molecular flexibility index (Phi) is 5.74. The predicted octanol–water partition coefficient (Wildman–Crippen LogP) is 4.58. The lowest BCUT2D eigenvalue weighted by Crippen LogP contribution is -1.94. The Morgan fingerprint density at radius 2 is 1.59 bits per heavy atom. The van der Waals surface area contributed by atoms with Gasteiger partial charge in [0.05, 0.1) is 13.2 Å². The fraction of sp³-hybridized carbons (Fsp3) is 0.500. The number of hydrogen-bond donors (Lipinski definition) is 0. The van der Waals surface area contributed by atoms with Gasteiger partial charge in [-0.2, -0.15) is 0 Å². The van der Waals surface area contributed by atoms with Crippen molar-refractivity contribution in [1.82, 2.24) is 0 Å². The monoisotopic (exact) mass is 274 g/mol. The Bertz CT molecular complexity index is 390. The van der Waals surface area contributed by atoms with E-state index in [9.17, 15) is 4.57 Å². The number of rotatable bonds is 6. The lowest BCUT2D eigenvalue weighted by atomic mass is 10.2. The van der Waals surface area contributed by atoms with E-state index in [1.54, 1.807) is 0 Å². The van der Waals surface area contributed by atoms with Crippen molar-refractivity contribution < 1.29 is 13.6 Å². The van der Waals surface area contributed by atoms with Gasteiger partial charge in [-0.3, -0.25) is 0 Å². The van der Waals surface area contributed by atoms with Crippen LogP contribution in [-0.4, -0.2) is 13.2 Å². The van der Waals surface area contributed by atoms with Crippen LogP contribution in [0.4, 0.5) is 0 Å². The maximum absolute atomic E-state index is 12.4. The van der Waals surface area contributed by atoms with E-state index in [0.717, 1.165) is 16.0 Å². The van der Waals surface area contributed by atoms with Crippen LogP contribution in [0.15, 0.2) is 23.1 Å². The summed E-state index contributed by atoms with van der Waals surface area (Å²) in [6.07, 6.45) is 0. The quantitative estimate of drug-likeness (QED) is 0.711. The molecule has 0 bridgehead atoms. The molecule has 0 aliphatic rings. The van der Waals surface area contributed by atoms with Crippen molar-refractivity contribution >= 4 is 18.2 Å². The van der Waals surface area contributed by atoms with Crippen molar-refractivity contribution in [3.05, 3.63) is 29.3 Å². The third-order valence-electron chi connectivity index (χ3n) is 2.19. The first-order chi connectivity index (χ1) is 8.02. The van der Waals surface area contributed by atoms with E-state index in [1.807, 2.05) is 45.9 Å². The van der Waals surface area contributed by atoms with E-state index in [1.165, 1.54) is 11.4 Å². The molecule has 0 atom stereocenters. The number of benzene rings is 1. The van der Waals surface area contributed by atoms with Gasteiger partial charge in [-0.1, -0.05) is 18.2 Å². The molecule has 0 amide bonds. The lowest BCUT2D eigenvalue weighted by Gasteiger charge is -2.18. The second-order valence-corrected chi connectivity index (χ2v) is 7.49. The molecule has 0 unspecified atom stereocenters. The Labute approximate surface area is 107 Å². The molecule has 3 nitrogen and oxygen atoms in total. The summed E-state index contributed by atoms with van der Waals surface area (Å²) in [5.74, 6) is 0. The van der Waals surface area contributed by atoms with Crippen LogP contribution in [0.5, 0.6) is 0 Å². The van der Waals surface area contributed by atoms with Crippen LogP contribution in [0.1, 0.15) is 25.0 Å². The van der Waals surface area contributed by atoms with Crippen LogP contribution < -0.4 is 0 Å². The molecule has 17 heavy (non-hydrogen) atoms. The molecule has 0 saturated carbocycles. The highest BCUT2D eigenvalue weighted by Gasteiger charge is 2.27. The molecule has 0 saturated heterocycles. The summed E-state index contributed by atoms with van der Waals surface area (Å²) in [5.41, 5.74) is 2.18. The molecule has 0 N–H and O–H groups in total. The van der Waals surface area contributed by atoms with Gasteiger partial charge in [0.2, 0.25) is 0 Å². The van der Waals surface area contributed by atoms with E-state index < -0.39 is 6.80 Å². The van der Waals surface area contributed by atoms with Crippen LogP contribution in [0.25, 0.3) is 0 Å². The Morgan fingerprint density at radius 1 is 1.12 bits per heavy atom. The normalized spacial score (nSPS) is 11.8. The first kappa shape index (κ1) is 14.8. The van der Waals surface area contributed by atoms with Crippen molar-refractivity contribution in [2.24, 2.45) is 0 Å². The highest BCUT2D eigenvalue weighted by molar-refractivity contribution is 8.55. The number of aryl methyl sites for hydroxylation is 2. The summed E-state index contributed by atoms with van der Waals surface area (Å²) in [5, 5.41) is 0. The molecule has 0 spiro atoms. The molecule has 0 aromatic heterocycles. The zero-order chi connectivity index (χ0) is 12.9. The van der Waals surface area contributed by atoms with Gasteiger partial charge < -0.3 is 9.05 Å². The molecule has 0 fully saturated rings. The average Bonchev–Trinajstić information content (AvgIpc) is 2.24. The maximum Gasteiger partial charge on any atom is 0.393 e. The zero-order valence-electron chi connectivity index (χ0n) is 10.7.